The minimum atomic E-state index is -4.54. The van der Waals surface area contributed by atoms with Crippen LogP contribution in [-0.4, -0.2) is 14.9 Å². The van der Waals surface area contributed by atoms with Crippen LogP contribution in [0.4, 0.5) is 13.2 Å². The number of fused-ring (bicyclic) bond motifs is 2. The first-order chi connectivity index (χ1) is 17.9. The number of hydrogen-bond acceptors (Lipinski definition) is 3. The van der Waals surface area contributed by atoms with E-state index in [4.69, 9.17) is 0 Å². The second-order valence-corrected chi connectivity index (χ2v) is 13.1. The number of rotatable bonds is 3. The Balaban J connectivity index is 1.70. The largest absolute Gasteiger partial charge is 0.433 e. The van der Waals surface area contributed by atoms with E-state index in [2.05, 4.69) is 82.9 Å². The number of aromatic nitrogens is 2. The van der Waals surface area contributed by atoms with Crippen LogP contribution >= 0.6 is 0 Å². The summed E-state index contributed by atoms with van der Waals surface area (Å²) in [5.41, 5.74) is 7.26. The van der Waals surface area contributed by atoms with Gasteiger partial charge in [0, 0.05) is 34.3 Å². The highest BCUT2D eigenvalue weighted by Gasteiger charge is 2.59. The summed E-state index contributed by atoms with van der Waals surface area (Å²) in [4.78, 5) is 10.4. The van der Waals surface area contributed by atoms with Gasteiger partial charge in [0.1, 0.15) is 5.69 Å². The fourth-order valence-corrected chi connectivity index (χ4v) is 7.32. The molecule has 1 aromatic heterocycles. The number of aryl methyl sites for hydroxylation is 1. The van der Waals surface area contributed by atoms with E-state index in [1.807, 2.05) is 18.4 Å². The SMILES string of the molecule is C=C1N2C=C(c3nc(C)cc(C(F)(F)F)n3)C=CC2=C2CC3=C(C=C2C1(CC)CC)C(C)(C)C(C)(C)C3(C)C. The highest BCUT2D eigenvalue weighted by atomic mass is 19.4. The fourth-order valence-electron chi connectivity index (χ4n) is 7.32. The van der Waals surface area contributed by atoms with Crippen LogP contribution in [-0.2, 0) is 6.18 Å². The second kappa shape index (κ2) is 8.31. The normalized spacial score (nSPS) is 24.3. The molecule has 3 heterocycles. The van der Waals surface area contributed by atoms with Gasteiger partial charge in [0.25, 0.3) is 0 Å². The molecule has 2 aliphatic heterocycles. The van der Waals surface area contributed by atoms with Crippen LogP contribution in [0, 0.1) is 28.6 Å². The molecule has 208 valence electrons. The molecule has 1 aromatic rings. The number of alkyl halides is 3. The Morgan fingerprint density at radius 3 is 2.21 bits per heavy atom. The van der Waals surface area contributed by atoms with Gasteiger partial charge in [0.15, 0.2) is 5.82 Å². The van der Waals surface area contributed by atoms with Crippen LogP contribution in [0.1, 0.15) is 91.9 Å². The number of allylic oxidation sites excluding steroid dienone is 8. The molecule has 6 heteroatoms. The smallest absolute Gasteiger partial charge is 0.320 e. The second-order valence-electron chi connectivity index (χ2n) is 13.1. The molecule has 0 unspecified atom stereocenters. The molecule has 0 aromatic carbocycles. The van der Waals surface area contributed by atoms with Crippen molar-refractivity contribution < 1.29 is 13.2 Å². The van der Waals surface area contributed by atoms with E-state index >= 15 is 0 Å². The first kappa shape index (κ1) is 27.7. The van der Waals surface area contributed by atoms with Gasteiger partial charge in [-0.15, -0.1) is 0 Å². The van der Waals surface area contributed by atoms with Crippen molar-refractivity contribution in [3.05, 3.63) is 88.0 Å². The molecule has 0 spiro atoms. The van der Waals surface area contributed by atoms with Gasteiger partial charge < -0.3 is 4.90 Å². The van der Waals surface area contributed by atoms with E-state index in [-0.39, 0.29) is 33.2 Å². The van der Waals surface area contributed by atoms with Crippen molar-refractivity contribution in [1.82, 2.24) is 14.9 Å². The van der Waals surface area contributed by atoms with E-state index in [1.54, 1.807) is 6.92 Å². The molecule has 0 radical (unpaired) electrons. The molecule has 0 saturated carbocycles. The van der Waals surface area contributed by atoms with E-state index in [0.29, 0.717) is 5.57 Å². The van der Waals surface area contributed by atoms with Gasteiger partial charge in [-0.3, -0.25) is 0 Å². The Labute approximate surface area is 231 Å². The monoisotopic (exact) mass is 535 g/mol. The Morgan fingerprint density at radius 2 is 1.62 bits per heavy atom. The zero-order valence-corrected chi connectivity index (χ0v) is 24.7. The highest BCUT2D eigenvalue weighted by Crippen LogP contribution is 2.69. The standard InChI is InChI=1S/C33H40F3N3/c1-11-32(12-2)20(4)39-18-21(28-37-19(3)15-27(38-28)33(34,35)36)13-14-26(39)22-16-24-25(17-23(22)32)30(7,8)31(9,10)29(24,5)6/h13-15,17-18H,4,11-12,16H2,1-3,5-10H3. The van der Waals surface area contributed by atoms with Crippen LogP contribution in [0.2, 0.25) is 0 Å². The third-order valence-electron chi connectivity index (χ3n) is 11.1. The minimum Gasteiger partial charge on any atom is -0.320 e. The van der Waals surface area contributed by atoms with Gasteiger partial charge in [-0.25, -0.2) is 9.97 Å². The fraction of sp³-hybridized carbons (Fsp3) is 0.515. The average molecular weight is 536 g/mol. The van der Waals surface area contributed by atoms with Crippen molar-refractivity contribution in [2.75, 3.05) is 0 Å². The maximum absolute atomic E-state index is 13.5. The lowest BCUT2D eigenvalue weighted by atomic mass is 9.58. The van der Waals surface area contributed by atoms with Gasteiger partial charge in [-0.05, 0) is 77.4 Å². The Bertz CT molecular complexity index is 1440. The predicted octanol–water partition coefficient (Wildman–Crippen LogP) is 9.32. The quantitative estimate of drug-likeness (QED) is 0.386. The van der Waals surface area contributed by atoms with Gasteiger partial charge in [-0.2, -0.15) is 13.2 Å². The van der Waals surface area contributed by atoms with Crippen LogP contribution in [0.3, 0.4) is 0 Å². The maximum Gasteiger partial charge on any atom is 0.433 e. The molecule has 5 rings (SSSR count). The molecule has 0 fully saturated rings. The van der Waals surface area contributed by atoms with Crippen molar-refractivity contribution in [3.63, 3.8) is 0 Å². The number of halogens is 3. The highest BCUT2D eigenvalue weighted by molar-refractivity contribution is 5.75. The van der Waals surface area contributed by atoms with Gasteiger partial charge in [-0.1, -0.05) is 73.6 Å². The zero-order chi connectivity index (χ0) is 28.9. The maximum atomic E-state index is 13.5. The summed E-state index contributed by atoms with van der Waals surface area (Å²) in [5.74, 6) is 0.0735. The van der Waals surface area contributed by atoms with Crippen molar-refractivity contribution in [2.45, 2.75) is 87.8 Å². The topological polar surface area (TPSA) is 29.0 Å². The summed E-state index contributed by atoms with van der Waals surface area (Å²) in [6.07, 6.45) is 6.29. The third kappa shape index (κ3) is 3.55. The Morgan fingerprint density at radius 1 is 0.974 bits per heavy atom. The molecule has 0 amide bonds. The summed E-state index contributed by atoms with van der Waals surface area (Å²) in [5, 5.41) is 0. The number of nitrogens with zero attached hydrogens (tertiary/aromatic N) is 3. The van der Waals surface area contributed by atoms with Crippen molar-refractivity contribution in [2.24, 2.45) is 21.7 Å². The summed E-state index contributed by atoms with van der Waals surface area (Å²) in [7, 11) is 0. The lowest BCUT2D eigenvalue weighted by Crippen LogP contribution is -2.40. The van der Waals surface area contributed by atoms with Crippen molar-refractivity contribution >= 4 is 5.57 Å². The van der Waals surface area contributed by atoms with Crippen LogP contribution in [0.5, 0.6) is 0 Å². The predicted molar refractivity (Wildman–Crippen MR) is 151 cm³/mol. The van der Waals surface area contributed by atoms with E-state index in [9.17, 15) is 13.2 Å². The molecule has 39 heavy (non-hydrogen) atoms. The molecular weight excluding hydrogens is 495 g/mol. The van der Waals surface area contributed by atoms with Crippen LogP contribution in [0.25, 0.3) is 5.57 Å². The summed E-state index contributed by atoms with van der Waals surface area (Å²) < 4.78 is 40.6. The van der Waals surface area contributed by atoms with Crippen molar-refractivity contribution in [3.8, 4) is 0 Å². The van der Waals surface area contributed by atoms with E-state index < -0.39 is 11.9 Å². The summed E-state index contributed by atoms with van der Waals surface area (Å²) in [6, 6.07) is 0.986. The third-order valence-corrected chi connectivity index (χ3v) is 11.1. The molecule has 2 aliphatic carbocycles. The first-order valence-electron chi connectivity index (χ1n) is 14.0. The van der Waals surface area contributed by atoms with Crippen LogP contribution in [0.15, 0.2) is 70.8 Å². The average Bonchev–Trinajstić information content (AvgIpc) is 2.97. The van der Waals surface area contributed by atoms with Crippen LogP contribution < -0.4 is 0 Å². The minimum absolute atomic E-state index is 0.00454. The lowest BCUT2D eigenvalue weighted by molar-refractivity contribution is -0.141. The molecule has 0 N–H and O–H groups in total. The molecule has 4 aliphatic rings. The van der Waals surface area contributed by atoms with Gasteiger partial charge >= 0.3 is 6.18 Å². The summed E-state index contributed by atoms with van der Waals surface area (Å²) >= 11 is 0. The van der Waals surface area contributed by atoms with E-state index in [0.717, 1.165) is 36.7 Å². The Kier molecular flexibility index (Phi) is 5.90. The van der Waals surface area contributed by atoms with Gasteiger partial charge in [0.05, 0.1) is 0 Å². The Hall–Kier alpha value is -2.89. The summed E-state index contributed by atoms with van der Waals surface area (Å²) in [6.45, 7) is 24.8. The molecule has 0 bridgehead atoms. The molecular formula is C33H40F3N3. The first-order valence-corrected chi connectivity index (χ1v) is 14.0. The van der Waals surface area contributed by atoms with Crippen molar-refractivity contribution in [1.29, 1.82) is 0 Å². The molecule has 0 saturated heterocycles. The molecule has 3 nitrogen and oxygen atoms in total. The molecule has 0 atom stereocenters. The van der Waals surface area contributed by atoms with E-state index in [1.165, 1.54) is 22.3 Å². The number of hydrogen-bond donors (Lipinski definition) is 0. The van der Waals surface area contributed by atoms with Gasteiger partial charge in [0.2, 0.25) is 0 Å². The zero-order valence-electron chi connectivity index (χ0n) is 24.7. The lowest BCUT2D eigenvalue weighted by Gasteiger charge is -2.50.